The fourth-order valence-corrected chi connectivity index (χ4v) is 4.41. The lowest BCUT2D eigenvalue weighted by molar-refractivity contribution is -0.0228. The smallest absolute Gasteiger partial charge is 0.405 e. The zero-order valence-corrected chi connectivity index (χ0v) is 15.0. The predicted molar refractivity (Wildman–Crippen MR) is 94.6 cm³/mol. The van der Waals surface area contributed by atoms with Crippen molar-refractivity contribution in [2.45, 2.75) is 50.5 Å². The molecular weight excluding hydrogens is 370 g/mol. The van der Waals surface area contributed by atoms with E-state index in [1.807, 2.05) is 6.07 Å². The van der Waals surface area contributed by atoms with E-state index in [0.29, 0.717) is 0 Å². The number of aromatic amines is 1. The molecule has 0 atom stereocenters. The highest BCUT2D eigenvalue weighted by atomic mass is 79.9. The number of imidazole rings is 1. The molecule has 1 amide bonds. The molecule has 1 aromatic heterocycles. The summed E-state index contributed by atoms with van der Waals surface area (Å²) < 4.78 is 6.68. The normalized spacial score (nSPS) is 18.5. The van der Waals surface area contributed by atoms with Gasteiger partial charge in [0.25, 0.3) is 0 Å². The summed E-state index contributed by atoms with van der Waals surface area (Å²) in [4.78, 5) is 19.8. The van der Waals surface area contributed by atoms with Crippen LogP contribution in [0, 0.1) is 0 Å². The number of primary amides is 1. The molecule has 5 nitrogen and oxygen atoms in total. The Morgan fingerprint density at radius 1 is 1.25 bits per heavy atom. The lowest BCUT2D eigenvalue weighted by Gasteiger charge is -2.34. The number of carbonyl (C=O) groups excluding carboxylic acids is 1. The standard InChI is InChI=1S/C18H20BrN3O2/c19-12-5-6-13-11(10-12)4-7-14-15(13)22-16(21-14)18(24-17(20)23)8-2-1-3-9-18/h5-6,10H,1-4,7-9H2,(H2,20,23)(H,21,22). The van der Waals surface area contributed by atoms with Gasteiger partial charge in [-0.25, -0.2) is 9.78 Å². The number of nitrogens with zero attached hydrogens (tertiary/aromatic N) is 1. The lowest BCUT2D eigenvalue weighted by Crippen LogP contribution is -2.37. The summed E-state index contributed by atoms with van der Waals surface area (Å²) in [5.41, 5.74) is 9.25. The fourth-order valence-electron chi connectivity index (χ4n) is 4.00. The predicted octanol–water partition coefficient (Wildman–Crippen LogP) is 4.19. The SMILES string of the molecule is NC(=O)OC1(c2nc3c([nH]2)-c2ccc(Br)cc2CC3)CCCCC1. The van der Waals surface area contributed by atoms with E-state index < -0.39 is 11.7 Å². The maximum absolute atomic E-state index is 11.5. The number of H-pyrrole nitrogens is 1. The van der Waals surface area contributed by atoms with Crippen LogP contribution >= 0.6 is 15.9 Å². The molecule has 126 valence electrons. The molecule has 6 heteroatoms. The molecular formula is C18H20BrN3O2. The van der Waals surface area contributed by atoms with Gasteiger partial charge in [0.1, 0.15) is 0 Å². The average Bonchev–Trinajstić information content (AvgIpc) is 3.00. The number of halogens is 1. The molecule has 2 aliphatic rings. The molecule has 3 N–H and O–H groups in total. The first-order chi connectivity index (χ1) is 11.6. The minimum atomic E-state index is -0.726. The Hall–Kier alpha value is -1.82. The van der Waals surface area contributed by atoms with Crippen LogP contribution in [-0.4, -0.2) is 16.1 Å². The van der Waals surface area contributed by atoms with Gasteiger partial charge in [0.05, 0.1) is 11.4 Å². The molecule has 1 saturated carbocycles. The Morgan fingerprint density at radius 2 is 2.04 bits per heavy atom. The highest BCUT2D eigenvalue weighted by molar-refractivity contribution is 9.10. The third kappa shape index (κ3) is 2.62. The largest absolute Gasteiger partial charge is 0.435 e. The summed E-state index contributed by atoms with van der Waals surface area (Å²) >= 11 is 3.54. The van der Waals surface area contributed by atoms with Gasteiger partial charge in [-0.3, -0.25) is 0 Å². The van der Waals surface area contributed by atoms with Crippen molar-refractivity contribution >= 4 is 22.0 Å². The van der Waals surface area contributed by atoms with Gasteiger partial charge < -0.3 is 15.5 Å². The summed E-state index contributed by atoms with van der Waals surface area (Å²) in [6, 6.07) is 6.32. The Balaban J connectivity index is 1.78. The quantitative estimate of drug-likeness (QED) is 0.807. The molecule has 0 unspecified atom stereocenters. The Morgan fingerprint density at radius 3 is 2.79 bits per heavy atom. The number of hydrogen-bond donors (Lipinski definition) is 2. The van der Waals surface area contributed by atoms with Crippen molar-refractivity contribution in [2.75, 3.05) is 0 Å². The van der Waals surface area contributed by atoms with Gasteiger partial charge in [-0.05, 0) is 56.2 Å². The van der Waals surface area contributed by atoms with E-state index in [1.54, 1.807) is 0 Å². The first-order valence-corrected chi connectivity index (χ1v) is 9.23. The van der Waals surface area contributed by atoms with Crippen LogP contribution in [0.15, 0.2) is 22.7 Å². The highest BCUT2D eigenvalue weighted by Crippen LogP contribution is 2.42. The van der Waals surface area contributed by atoms with E-state index in [4.69, 9.17) is 15.5 Å². The second kappa shape index (κ2) is 5.92. The first-order valence-electron chi connectivity index (χ1n) is 8.44. The minimum absolute atomic E-state index is 0.697. The summed E-state index contributed by atoms with van der Waals surface area (Å²) in [6.07, 6.45) is 5.87. The van der Waals surface area contributed by atoms with E-state index in [2.05, 4.69) is 33.0 Å². The second-order valence-electron chi connectivity index (χ2n) is 6.68. The van der Waals surface area contributed by atoms with E-state index >= 15 is 0 Å². The minimum Gasteiger partial charge on any atom is -0.435 e. The number of fused-ring (bicyclic) bond motifs is 3. The number of hydrogen-bond acceptors (Lipinski definition) is 3. The van der Waals surface area contributed by atoms with Crippen molar-refractivity contribution in [3.8, 4) is 11.3 Å². The number of carbonyl (C=O) groups is 1. The van der Waals surface area contributed by atoms with Gasteiger partial charge in [-0.1, -0.05) is 28.4 Å². The maximum Gasteiger partial charge on any atom is 0.405 e. The number of aromatic nitrogens is 2. The van der Waals surface area contributed by atoms with Crippen LogP contribution < -0.4 is 5.73 Å². The molecule has 4 rings (SSSR count). The molecule has 2 aromatic rings. The third-order valence-corrected chi connectivity index (χ3v) is 5.63. The highest BCUT2D eigenvalue weighted by Gasteiger charge is 2.41. The fraction of sp³-hybridized carbons (Fsp3) is 0.444. The number of ether oxygens (including phenoxy) is 1. The number of benzene rings is 1. The van der Waals surface area contributed by atoms with E-state index in [9.17, 15) is 4.79 Å². The van der Waals surface area contributed by atoms with Crippen LogP contribution in [0.5, 0.6) is 0 Å². The number of rotatable bonds is 2. The Bertz CT molecular complexity index is 794. The maximum atomic E-state index is 11.5. The van der Waals surface area contributed by atoms with Crippen molar-refractivity contribution in [1.29, 1.82) is 0 Å². The van der Waals surface area contributed by atoms with Crippen LogP contribution in [0.1, 0.15) is 49.2 Å². The summed E-state index contributed by atoms with van der Waals surface area (Å²) in [5, 5.41) is 0. The average molecular weight is 390 g/mol. The molecule has 2 aliphatic carbocycles. The second-order valence-corrected chi connectivity index (χ2v) is 7.60. The van der Waals surface area contributed by atoms with Crippen LogP contribution in [0.2, 0.25) is 0 Å². The van der Waals surface area contributed by atoms with Crippen LogP contribution in [0.4, 0.5) is 4.79 Å². The number of amides is 1. The molecule has 1 aromatic carbocycles. The summed E-state index contributed by atoms with van der Waals surface area (Å²) in [6.45, 7) is 0. The summed E-state index contributed by atoms with van der Waals surface area (Å²) in [7, 11) is 0. The van der Waals surface area contributed by atoms with E-state index in [-0.39, 0.29) is 0 Å². The zero-order chi connectivity index (χ0) is 16.7. The first kappa shape index (κ1) is 15.7. The van der Waals surface area contributed by atoms with Crippen LogP contribution in [-0.2, 0) is 23.2 Å². The van der Waals surface area contributed by atoms with Crippen LogP contribution in [0.3, 0.4) is 0 Å². The van der Waals surface area contributed by atoms with Gasteiger partial charge >= 0.3 is 6.09 Å². The molecule has 24 heavy (non-hydrogen) atoms. The van der Waals surface area contributed by atoms with E-state index in [1.165, 1.54) is 11.1 Å². The van der Waals surface area contributed by atoms with Crippen molar-refractivity contribution in [3.63, 3.8) is 0 Å². The monoisotopic (exact) mass is 389 g/mol. The van der Waals surface area contributed by atoms with Crippen molar-refractivity contribution in [2.24, 2.45) is 5.73 Å². The van der Waals surface area contributed by atoms with Gasteiger partial charge in [0.15, 0.2) is 11.4 Å². The Labute approximate surface area is 149 Å². The van der Waals surface area contributed by atoms with Gasteiger partial charge in [0.2, 0.25) is 0 Å². The zero-order valence-electron chi connectivity index (χ0n) is 13.4. The number of nitrogens with two attached hydrogens (primary N) is 1. The van der Waals surface area contributed by atoms with E-state index in [0.717, 1.165) is 66.6 Å². The van der Waals surface area contributed by atoms with Crippen molar-refractivity contribution in [3.05, 3.63) is 39.8 Å². The molecule has 0 bridgehead atoms. The van der Waals surface area contributed by atoms with Gasteiger partial charge in [-0.2, -0.15) is 0 Å². The molecule has 1 heterocycles. The van der Waals surface area contributed by atoms with Gasteiger partial charge in [0, 0.05) is 10.0 Å². The molecule has 0 spiro atoms. The van der Waals surface area contributed by atoms with Crippen molar-refractivity contribution in [1.82, 2.24) is 9.97 Å². The number of nitrogens with one attached hydrogen (secondary N) is 1. The van der Waals surface area contributed by atoms with Crippen molar-refractivity contribution < 1.29 is 9.53 Å². The number of aryl methyl sites for hydroxylation is 2. The molecule has 0 saturated heterocycles. The molecule has 0 aliphatic heterocycles. The topological polar surface area (TPSA) is 81.0 Å². The Kier molecular flexibility index (Phi) is 3.87. The lowest BCUT2D eigenvalue weighted by atomic mass is 9.84. The third-order valence-electron chi connectivity index (χ3n) is 5.14. The van der Waals surface area contributed by atoms with Crippen LogP contribution in [0.25, 0.3) is 11.3 Å². The molecule has 1 fully saturated rings. The summed E-state index contributed by atoms with van der Waals surface area (Å²) in [5.74, 6) is 0.752. The molecule has 0 radical (unpaired) electrons. The van der Waals surface area contributed by atoms with Gasteiger partial charge in [-0.15, -0.1) is 0 Å².